The molecule has 2 rings (SSSR count). The molecular formula is C13H19N3O2. The van der Waals surface area contributed by atoms with Gasteiger partial charge in [-0.25, -0.2) is 0 Å². The number of benzene rings is 1. The minimum Gasteiger partial charge on any atom is -0.508 e. The highest BCUT2D eigenvalue weighted by Gasteiger charge is 2.12. The van der Waals surface area contributed by atoms with Crippen LogP contribution >= 0.6 is 0 Å². The quantitative estimate of drug-likeness (QED) is 0.735. The zero-order valence-corrected chi connectivity index (χ0v) is 10.4. The van der Waals surface area contributed by atoms with Crippen LogP contribution in [0, 0.1) is 0 Å². The fourth-order valence-corrected chi connectivity index (χ4v) is 2.05. The Kier molecular flexibility index (Phi) is 4.55. The highest BCUT2D eigenvalue weighted by atomic mass is 16.3. The van der Waals surface area contributed by atoms with Gasteiger partial charge < -0.3 is 15.7 Å². The Hall–Kier alpha value is -1.59. The molecule has 1 fully saturated rings. The van der Waals surface area contributed by atoms with Crippen molar-refractivity contribution in [2.45, 2.75) is 6.42 Å². The molecule has 18 heavy (non-hydrogen) atoms. The number of carbonyl (C=O) groups is 1. The number of phenolic OH excluding ortho intramolecular Hbond substituents is 1. The lowest BCUT2D eigenvalue weighted by Crippen LogP contribution is -2.35. The zero-order valence-electron chi connectivity index (χ0n) is 10.4. The average Bonchev–Trinajstić information content (AvgIpc) is 2.57. The van der Waals surface area contributed by atoms with Gasteiger partial charge in [0.25, 0.3) is 0 Å². The first kappa shape index (κ1) is 12.9. The number of hydrogen-bond donors (Lipinski definition) is 3. The van der Waals surface area contributed by atoms with E-state index in [0.29, 0.717) is 12.2 Å². The lowest BCUT2D eigenvalue weighted by Gasteiger charge is -2.18. The van der Waals surface area contributed by atoms with Gasteiger partial charge in [-0.15, -0.1) is 0 Å². The lowest BCUT2D eigenvalue weighted by atomic mass is 10.3. The second kappa shape index (κ2) is 6.37. The molecular weight excluding hydrogens is 230 g/mol. The molecule has 1 saturated heterocycles. The van der Waals surface area contributed by atoms with E-state index in [0.717, 1.165) is 32.6 Å². The van der Waals surface area contributed by atoms with Crippen LogP contribution in [0.4, 0.5) is 5.69 Å². The van der Waals surface area contributed by atoms with Gasteiger partial charge in [0.05, 0.1) is 6.54 Å². The Morgan fingerprint density at radius 1 is 1.39 bits per heavy atom. The van der Waals surface area contributed by atoms with Crippen molar-refractivity contribution >= 4 is 11.6 Å². The third-order valence-corrected chi connectivity index (χ3v) is 2.93. The van der Waals surface area contributed by atoms with Crippen LogP contribution in [0.3, 0.4) is 0 Å². The van der Waals surface area contributed by atoms with Gasteiger partial charge in [-0.1, -0.05) is 6.07 Å². The maximum Gasteiger partial charge on any atom is 0.238 e. The number of nitrogens with one attached hydrogen (secondary N) is 2. The summed E-state index contributed by atoms with van der Waals surface area (Å²) in [5, 5.41) is 15.4. The number of aromatic hydroxyl groups is 1. The summed E-state index contributed by atoms with van der Waals surface area (Å²) in [7, 11) is 0. The third-order valence-electron chi connectivity index (χ3n) is 2.93. The van der Waals surface area contributed by atoms with E-state index in [1.807, 2.05) is 0 Å². The Morgan fingerprint density at radius 3 is 3.11 bits per heavy atom. The highest BCUT2D eigenvalue weighted by Crippen LogP contribution is 2.15. The van der Waals surface area contributed by atoms with Crippen molar-refractivity contribution in [1.82, 2.24) is 10.2 Å². The lowest BCUT2D eigenvalue weighted by molar-refractivity contribution is -0.117. The molecule has 0 aromatic heterocycles. The van der Waals surface area contributed by atoms with Crippen molar-refractivity contribution in [3.8, 4) is 5.75 Å². The van der Waals surface area contributed by atoms with Gasteiger partial charge in [-0.3, -0.25) is 9.69 Å². The van der Waals surface area contributed by atoms with Crippen molar-refractivity contribution in [3.63, 3.8) is 0 Å². The van der Waals surface area contributed by atoms with Crippen molar-refractivity contribution in [2.75, 3.05) is 38.0 Å². The summed E-state index contributed by atoms with van der Waals surface area (Å²) in [6.45, 7) is 4.19. The minimum atomic E-state index is -0.0394. The van der Waals surface area contributed by atoms with Gasteiger partial charge in [0.1, 0.15) is 5.75 Å². The van der Waals surface area contributed by atoms with E-state index in [2.05, 4.69) is 15.5 Å². The van der Waals surface area contributed by atoms with Gasteiger partial charge in [0.2, 0.25) is 5.91 Å². The molecule has 1 amide bonds. The number of rotatable bonds is 3. The van der Waals surface area contributed by atoms with Crippen molar-refractivity contribution < 1.29 is 9.90 Å². The molecule has 1 aromatic carbocycles. The Balaban J connectivity index is 1.84. The number of hydrogen-bond acceptors (Lipinski definition) is 4. The predicted molar refractivity (Wildman–Crippen MR) is 70.7 cm³/mol. The summed E-state index contributed by atoms with van der Waals surface area (Å²) < 4.78 is 0. The summed E-state index contributed by atoms with van der Waals surface area (Å²) in [4.78, 5) is 14.0. The third kappa shape index (κ3) is 4.01. The van der Waals surface area contributed by atoms with E-state index >= 15 is 0 Å². The summed E-state index contributed by atoms with van der Waals surface area (Å²) in [6.07, 6.45) is 1.07. The van der Waals surface area contributed by atoms with E-state index in [-0.39, 0.29) is 11.7 Å². The first-order valence-corrected chi connectivity index (χ1v) is 6.26. The minimum absolute atomic E-state index is 0.0394. The number of phenols is 1. The predicted octanol–water partition coefficient (Wildman–Crippen LogP) is 0.626. The van der Waals surface area contributed by atoms with Crippen LogP contribution in [0.5, 0.6) is 5.75 Å². The summed E-state index contributed by atoms with van der Waals surface area (Å²) in [5.74, 6) is 0.120. The summed E-state index contributed by atoms with van der Waals surface area (Å²) in [5.41, 5.74) is 0.632. The van der Waals surface area contributed by atoms with Crippen LogP contribution in [0.15, 0.2) is 24.3 Å². The van der Waals surface area contributed by atoms with Gasteiger partial charge in [0, 0.05) is 24.8 Å². The monoisotopic (exact) mass is 249 g/mol. The molecule has 1 aliphatic rings. The van der Waals surface area contributed by atoms with Crippen molar-refractivity contribution in [2.24, 2.45) is 0 Å². The Labute approximate surface area is 107 Å². The largest absolute Gasteiger partial charge is 0.508 e. The van der Waals surface area contributed by atoms with Gasteiger partial charge in [-0.2, -0.15) is 0 Å². The number of amides is 1. The van der Waals surface area contributed by atoms with Crippen LogP contribution < -0.4 is 10.6 Å². The van der Waals surface area contributed by atoms with E-state index in [1.165, 1.54) is 0 Å². The van der Waals surface area contributed by atoms with Crippen LogP contribution in [-0.4, -0.2) is 48.6 Å². The van der Waals surface area contributed by atoms with Gasteiger partial charge >= 0.3 is 0 Å². The number of anilines is 1. The van der Waals surface area contributed by atoms with E-state index < -0.39 is 0 Å². The van der Waals surface area contributed by atoms with E-state index in [9.17, 15) is 9.90 Å². The Bertz CT molecular complexity index is 401. The molecule has 98 valence electrons. The van der Waals surface area contributed by atoms with E-state index in [4.69, 9.17) is 0 Å². The molecule has 0 bridgehead atoms. The SMILES string of the molecule is O=C(CN1CCCNCC1)Nc1cccc(O)c1. The molecule has 0 saturated carbocycles. The molecule has 5 nitrogen and oxygen atoms in total. The van der Waals surface area contributed by atoms with Gasteiger partial charge in [0.15, 0.2) is 0 Å². The highest BCUT2D eigenvalue weighted by molar-refractivity contribution is 5.92. The maximum absolute atomic E-state index is 11.8. The number of nitrogens with zero attached hydrogens (tertiary/aromatic N) is 1. The molecule has 0 unspecified atom stereocenters. The van der Waals surface area contributed by atoms with Crippen LogP contribution in [-0.2, 0) is 4.79 Å². The molecule has 0 radical (unpaired) electrons. The fraction of sp³-hybridized carbons (Fsp3) is 0.462. The maximum atomic E-state index is 11.8. The second-order valence-corrected chi connectivity index (χ2v) is 4.48. The smallest absolute Gasteiger partial charge is 0.238 e. The first-order valence-electron chi connectivity index (χ1n) is 6.26. The molecule has 3 N–H and O–H groups in total. The van der Waals surface area contributed by atoms with E-state index in [1.54, 1.807) is 24.3 Å². The van der Waals surface area contributed by atoms with Gasteiger partial charge in [-0.05, 0) is 31.6 Å². The van der Waals surface area contributed by atoms with Crippen molar-refractivity contribution in [1.29, 1.82) is 0 Å². The average molecular weight is 249 g/mol. The van der Waals surface area contributed by atoms with Crippen molar-refractivity contribution in [3.05, 3.63) is 24.3 Å². The molecule has 1 aromatic rings. The summed E-state index contributed by atoms with van der Waals surface area (Å²) in [6, 6.07) is 6.60. The molecule has 0 spiro atoms. The molecule has 0 aliphatic carbocycles. The standard InChI is InChI=1S/C13H19N3O2/c17-12-4-1-3-11(9-12)15-13(18)10-16-7-2-5-14-6-8-16/h1,3-4,9,14,17H,2,5-8,10H2,(H,15,18). The second-order valence-electron chi connectivity index (χ2n) is 4.48. The molecule has 5 heteroatoms. The number of carbonyl (C=O) groups excluding carboxylic acids is 1. The first-order chi connectivity index (χ1) is 8.74. The molecule has 1 aliphatic heterocycles. The normalized spacial score (nSPS) is 17.1. The van der Waals surface area contributed by atoms with Crippen LogP contribution in [0.1, 0.15) is 6.42 Å². The molecule has 0 atom stereocenters. The van der Waals surface area contributed by atoms with Crippen LogP contribution in [0.25, 0.3) is 0 Å². The topological polar surface area (TPSA) is 64.6 Å². The zero-order chi connectivity index (χ0) is 12.8. The fourth-order valence-electron chi connectivity index (χ4n) is 2.05. The summed E-state index contributed by atoms with van der Waals surface area (Å²) >= 11 is 0. The Morgan fingerprint density at radius 2 is 2.28 bits per heavy atom. The van der Waals surface area contributed by atoms with Crippen LogP contribution in [0.2, 0.25) is 0 Å². The molecule has 1 heterocycles.